The van der Waals surface area contributed by atoms with Crippen LogP contribution in [-0.2, 0) is 28.6 Å². The van der Waals surface area contributed by atoms with Gasteiger partial charge in [-0.25, -0.2) is 0 Å². The summed E-state index contributed by atoms with van der Waals surface area (Å²) >= 11 is 0. The van der Waals surface area contributed by atoms with E-state index < -0.39 is 6.10 Å². The van der Waals surface area contributed by atoms with E-state index in [2.05, 4.69) is 142 Å². The maximum absolute atomic E-state index is 12.9. The number of hydrogen-bond donors (Lipinski definition) is 0. The van der Waals surface area contributed by atoms with Gasteiger partial charge in [-0.1, -0.05) is 271 Å². The maximum Gasteiger partial charge on any atom is 0.306 e. The number of hydrogen-bond acceptors (Lipinski definition) is 6. The molecule has 426 valence electrons. The molecule has 0 amide bonds. The van der Waals surface area contributed by atoms with Gasteiger partial charge in [0.2, 0.25) is 0 Å². The Balaban J connectivity index is 4.20. The van der Waals surface area contributed by atoms with Crippen molar-refractivity contribution in [3.05, 3.63) is 122 Å². The first-order valence-corrected chi connectivity index (χ1v) is 31.0. The van der Waals surface area contributed by atoms with Crippen LogP contribution in [0.1, 0.15) is 278 Å². The lowest BCUT2D eigenvalue weighted by Crippen LogP contribution is -2.30. The third kappa shape index (κ3) is 60.6. The molecule has 0 fully saturated rings. The largest absolute Gasteiger partial charge is 0.462 e. The molecule has 0 heterocycles. The summed E-state index contributed by atoms with van der Waals surface area (Å²) in [5.41, 5.74) is 0. The van der Waals surface area contributed by atoms with E-state index in [1.165, 1.54) is 109 Å². The zero-order valence-corrected chi connectivity index (χ0v) is 48.8. The summed E-state index contributed by atoms with van der Waals surface area (Å²) in [4.78, 5) is 38.1. The average Bonchev–Trinajstić information content (AvgIpc) is 3.41. The second-order valence-electron chi connectivity index (χ2n) is 20.2. The van der Waals surface area contributed by atoms with Crippen molar-refractivity contribution in [2.75, 3.05) is 13.2 Å². The number of allylic oxidation sites excluding steroid dienone is 20. The zero-order chi connectivity index (χ0) is 54.3. The summed E-state index contributed by atoms with van der Waals surface area (Å²) < 4.78 is 16.8. The Morgan fingerprint density at radius 3 is 0.813 bits per heavy atom. The summed E-state index contributed by atoms with van der Waals surface area (Å²) in [7, 11) is 0. The van der Waals surface area contributed by atoms with E-state index in [0.29, 0.717) is 19.3 Å². The van der Waals surface area contributed by atoms with Crippen molar-refractivity contribution in [3.8, 4) is 0 Å². The molecule has 0 aromatic carbocycles. The fraction of sp³-hybridized carbons (Fsp3) is 0.667. The van der Waals surface area contributed by atoms with Gasteiger partial charge in [-0.3, -0.25) is 14.4 Å². The molecular formula is C69H114O6. The van der Waals surface area contributed by atoms with Gasteiger partial charge in [-0.2, -0.15) is 0 Å². The summed E-state index contributed by atoms with van der Waals surface area (Å²) in [6, 6.07) is 0. The first-order chi connectivity index (χ1) is 37.0. The highest BCUT2D eigenvalue weighted by Gasteiger charge is 2.19. The second-order valence-corrected chi connectivity index (χ2v) is 20.2. The summed E-state index contributed by atoms with van der Waals surface area (Å²) in [5.74, 6) is -0.900. The molecule has 0 bridgehead atoms. The summed E-state index contributed by atoms with van der Waals surface area (Å²) in [6.45, 7) is 6.37. The summed E-state index contributed by atoms with van der Waals surface area (Å²) in [5, 5.41) is 0. The molecule has 0 spiro atoms. The van der Waals surface area contributed by atoms with Gasteiger partial charge < -0.3 is 14.2 Å². The summed E-state index contributed by atoms with van der Waals surface area (Å²) in [6.07, 6.45) is 86.5. The van der Waals surface area contributed by atoms with Crippen LogP contribution in [0.15, 0.2) is 122 Å². The molecule has 0 aromatic heterocycles. The number of ether oxygens (including phenoxy) is 3. The predicted molar refractivity (Wildman–Crippen MR) is 325 cm³/mol. The second kappa shape index (κ2) is 62.4. The van der Waals surface area contributed by atoms with Gasteiger partial charge in [0.1, 0.15) is 13.2 Å². The van der Waals surface area contributed by atoms with E-state index in [0.717, 1.165) is 128 Å². The van der Waals surface area contributed by atoms with Crippen molar-refractivity contribution in [2.24, 2.45) is 0 Å². The van der Waals surface area contributed by atoms with Crippen LogP contribution in [0.3, 0.4) is 0 Å². The van der Waals surface area contributed by atoms with Gasteiger partial charge in [0.25, 0.3) is 0 Å². The van der Waals surface area contributed by atoms with E-state index in [-0.39, 0.29) is 31.1 Å². The molecule has 0 saturated carbocycles. The standard InChI is InChI=1S/C69H114O6/c1-4-7-10-13-16-18-20-22-24-26-28-30-32-33-34-35-37-38-40-42-44-46-48-50-53-56-59-62-68(71)74-65-66(64-73-67(70)61-58-55-52-15-12-9-6-3)75-69(72)63-60-57-54-51-49-47-45-43-41-39-36-31-29-27-25-23-21-19-17-14-11-8-5-2/h7-8,10-11,16-19,22-25,28-31,33-34,37-38,66H,4-6,9,12-15,20-21,26-27,32,35-36,39-65H2,1-3H3/b10-7-,11-8-,18-16-,19-17-,24-22-,25-23-,30-28-,31-29-,34-33-,38-37-. The third-order valence-electron chi connectivity index (χ3n) is 13.0. The lowest BCUT2D eigenvalue weighted by Gasteiger charge is -2.18. The van der Waals surface area contributed by atoms with Gasteiger partial charge in [-0.05, 0) is 109 Å². The Morgan fingerprint density at radius 2 is 0.520 bits per heavy atom. The molecule has 1 unspecified atom stereocenters. The third-order valence-corrected chi connectivity index (χ3v) is 13.0. The fourth-order valence-electron chi connectivity index (χ4n) is 8.38. The van der Waals surface area contributed by atoms with Gasteiger partial charge in [0, 0.05) is 19.3 Å². The molecule has 0 saturated heterocycles. The average molecular weight is 1040 g/mol. The van der Waals surface area contributed by atoms with E-state index in [1.807, 2.05) is 0 Å². The van der Waals surface area contributed by atoms with Gasteiger partial charge in [-0.15, -0.1) is 0 Å². The molecule has 6 nitrogen and oxygen atoms in total. The molecule has 0 aliphatic carbocycles. The minimum atomic E-state index is -0.784. The maximum atomic E-state index is 12.9. The highest BCUT2D eigenvalue weighted by molar-refractivity contribution is 5.71. The van der Waals surface area contributed by atoms with Crippen molar-refractivity contribution in [1.82, 2.24) is 0 Å². The minimum Gasteiger partial charge on any atom is -0.462 e. The van der Waals surface area contributed by atoms with Gasteiger partial charge in [0.15, 0.2) is 6.10 Å². The molecule has 75 heavy (non-hydrogen) atoms. The number of carbonyl (C=O) groups excluding carboxylic acids is 3. The molecule has 0 rings (SSSR count). The Morgan fingerprint density at radius 1 is 0.280 bits per heavy atom. The molecular weight excluding hydrogens is 925 g/mol. The molecule has 1 atom stereocenters. The molecule has 0 aliphatic rings. The van der Waals surface area contributed by atoms with Crippen LogP contribution in [0.25, 0.3) is 0 Å². The fourth-order valence-corrected chi connectivity index (χ4v) is 8.38. The van der Waals surface area contributed by atoms with Crippen molar-refractivity contribution >= 4 is 17.9 Å². The SMILES string of the molecule is CC/C=C\C/C=C\C/C=C\C/C=C\C/C=C\C/C=C\CCCCCCCCCCC(=O)OCC(COC(=O)CCCCCCCCC)OC(=O)CCCCCCCCCCCC/C=C\C/C=C\C/C=C\C/C=C\CC. The predicted octanol–water partition coefficient (Wildman–Crippen LogP) is 21.2. The zero-order valence-electron chi connectivity index (χ0n) is 48.8. The van der Waals surface area contributed by atoms with E-state index >= 15 is 0 Å². The lowest BCUT2D eigenvalue weighted by molar-refractivity contribution is -0.167. The van der Waals surface area contributed by atoms with Crippen LogP contribution >= 0.6 is 0 Å². The van der Waals surface area contributed by atoms with Crippen molar-refractivity contribution in [1.29, 1.82) is 0 Å². The van der Waals surface area contributed by atoms with Crippen LogP contribution < -0.4 is 0 Å². The first-order valence-electron chi connectivity index (χ1n) is 31.0. The molecule has 0 radical (unpaired) electrons. The molecule has 0 N–H and O–H groups in total. The molecule has 0 aromatic rings. The van der Waals surface area contributed by atoms with E-state index in [1.54, 1.807) is 0 Å². The van der Waals surface area contributed by atoms with Crippen LogP contribution in [-0.4, -0.2) is 37.2 Å². The van der Waals surface area contributed by atoms with Crippen molar-refractivity contribution in [2.45, 2.75) is 284 Å². The lowest BCUT2D eigenvalue weighted by atomic mass is 10.0. The smallest absolute Gasteiger partial charge is 0.306 e. The minimum absolute atomic E-state index is 0.0832. The quantitative estimate of drug-likeness (QED) is 0.0261. The molecule has 0 aliphatic heterocycles. The highest BCUT2D eigenvalue weighted by Crippen LogP contribution is 2.15. The Hall–Kier alpha value is -4.19. The molecule has 6 heteroatoms. The topological polar surface area (TPSA) is 78.9 Å². The Kier molecular flexibility index (Phi) is 58.9. The number of unbranched alkanes of at least 4 members (excludes halogenated alkanes) is 24. The van der Waals surface area contributed by atoms with Crippen molar-refractivity contribution in [3.63, 3.8) is 0 Å². The normalized spacial score (nSPS) is 12.9. The van der Waals surface area contributed by atoms with E-state index in [9.17, 15) is 14.4 Å². The van der Waals surface area contributed by atoms with Crippen LogP contribution in [0.4, 0.5) is 0 Å². The highest BCUT2D eigenvalue weighted by atomic mass is 16.6. The van der Waals surface area contributed by atoms with Gasteiger partial charge >= 0.3 is 17.9 Å². The van der Waals surface area contributed by atoms with Crippen molar-refractivity contribution < 1.29 is 28.6 Å². The monoisotopic (exact) mass is 1040 g/mol. The Labute approximate surface area is 462 Å². The number of esters is 3. The van der Waals surface area contributed by atoms with Gasteiger partial charge in [0.05, 0.1) is 0 Å². The van der Waals surface area contributed by atoms with Crippen LogP contribution in [0.5, 0.6) is 0 Å². The first kappa shape index (κ1) is 70.8. The van der Waals surface area contributed by atoms with E-state index in [4.69, 9.17) is 14.2 Å². The number of carbonyl (C=O) groups is 3. The van der Waals surface area contributed by atoms with Crippen LogP contribution in [0, 0.1) is 0 Å². The Bertz CT molecular complexity index is 1570. The van der Waals surface area contributed by atoms with Crippen LogP contribution in [0.2, 0.25) is 0 Å². The number of rotatable bonds is 55.